The van der Waals surface area contributed by atoms with Crippen LogP contribution in [0.25, 0.3) is 0 Å². The summed E-state index contributed by atoms with van der Waals surface area (Å²) in [5, 5.41) is 3.20. The van der Waals surface area contributed by atoms with Crippen LogP contribution in [-0.2, 0) is 4.79 Å². The van der Waals surface area contributed by atoms with Crippen molar-refractivity contribution in [3.05, 3.63) is 35.4 Å². The van der Waals surface area contributed by atoms with E-state index in [0.29, 0.717) is 5.92 Å². The van der Waals surface area contributed by atoms with Crippen LogP contribution in [0.1, 0.15) is 36.9 Å². The Morgan fingerprint density at radius 3 is 2.16 bits per heavy atom. The summed E-state index contributed by atoms with van der Waals surface area (Å²) in [5.41, 5.74) is 7.66. The van der Waals surface area contributed by atoms with Gasteiger partial charge in [-0.25, -0.2) is 0 Å². The lowest BCUT2D eigenvalue weighted by molar-refractivity contribution is -0.120. The fraction of sp³-hybridized carbons (Fsp3) is 0.533. The van der Waals surface area contributed by atoms with Gasteiger partial charge in [-0.15, -0.1) is 0 Å². The van der Waals surface area contributed by atoms with Gasteiger partial charge in [0.2, 0.25) is 5.91 Å². The Kier molecular flexibility index (Phi) is 5.99. The summed E-state index contributed by atoms with van der Waals surface area (Å²) >= 11 is 0. The molecule has 0 heterocycles. The minimum Gasteiger partial charge on any atom is -0.368 e. The van der Waals surface area contributed by atoms with Crippen LogP contribution in [0.4, 0.5) is 0 Å². The number of amides is 1. The first-order valence-corrected chi connectivity index (χ1v) is 6.69. The summed E-state index contributed by atoms with van der Waals surface area (Å²) in [5.74, 6) is 0.152. The molecular weight excluding hydrogens is 238 g/mol. The molecule has 0 aliphatic rings. The number of carbonyl (C=O) groups is 1. The van der Waals surface area contributed by atoms with Gasteiger partial charge in [0.05, 0.1) is 0 Å². The maximum atomic E-state index is 11.5. The Balaban J connectivity index is 2.73. The molecule has 1 unspecified atom stereocenters. The maximum Gasteiger partial charge on any atom is 0.239 e. The van der Waals surface area contributed by atoms with Crippen LogP contribution in [0.3, 0.4) is 0 Å². The number of nitrogens with zero attached hydrogens (tertiary/aromatic N) is 1. The van der Waals surface area contributed by atoms with Crippen molar-refractivity contribution < 1.29 is 4.79 Å². The summed E-state index contributed by atoms with van der Waals surface area (Å²) in [6.45, 7) is 5.90. The number of nitrogens with one attached hydrogen (secondary N) is 1. The number of nitrogens with two attached hydrogens (primary N) is 1. The van der Waals surface area contributed by atoms with Crippen LogP contribution in [0.15, 0.2) is 24.3 Å². The number of carbonyl (C=O) groups excluding carboxylic acids is 1. The van der Waals surface area contributed by atoms with E-state index in [1.54, 1.807) is 0 Å². The summed E-state index contributed by atoms with van der Waals surface area (Å²) in [7, 11) is 4.00. The Morgan fingerprint density at radius 2 is 1.74 bits per heavy atom. The molecule has 0 aromatic heterocycles. The summed E-state index contributed by atoms with van der Waals surface area (Å²) in [6.07, 6.45) is 0. The van der Waals surface area contributed by atoms with Crippen molar-refractivity contribution in [1.82, 2.24) is 10.2 Å². The highest BCUT2D eigenvalue weighted by Gasteiger charge is 2.16. The van der Waals surface area contributed by atoms with Crippen molar-refractivity contribution in [2.45, 2.75) is 25.8 Å². The highest BCUT2D eigenvalue weighted by Crippen LogP contribution is 2.18. The lowest BCUT2D eigenvalue weighted by atomic mass is 9.99. The first-order chi connectivity index (χ1) is 8.91. The van der Waals surface area contributed by atoms with Crippen LogP contribution in [-0.4, -0.2) is 38.0 Å². The summed E-state index contributed by atoms with van der Waals surface area (Å²) in [4.78, 5) is 13.6. The molecular formula is C15H25N3O. The van der Waals surface area contributed by atoms with Crippen molar-refractivity contribution in [3.63, 3.8) is 0 Å². The predicted octanol–water partition coefficient (Wildman–Crippen LogP) is 1.49. The summed E-state index contributed by atoms with van der Waals surface area (Å²) < 4.78 is 0. The standard InChI is InChI=1S/C15H25N3O/c1-11(2)12-5-7-13(8-6-12)14(15(16)19)17-9-10-18(3)4/h5-8,11,14,17H,9-10H2,1-4H3,(H2,16,19). The minimum atomic E-state index is -0.416. The molecule has 1 aromatic rings. The van der Waals surface area contributed by atoms with Crippen LogP contribution in [0, 0.1) is 0 Å². The minimum absolute atomic E-state index is 0.337. The monoisotopic (exact) mass is 263 g/mol. The molecule has 1 aromatic carbocycles. The van der Waals surface area contributed by atoms with Gasteiger partial charge in [0.1, 0.15) is 6.04 Å². The molecule has 1 atom stereocenters. The Labute approximate surface area is 116 Å². The molecule has 1 rings (SSSR count). The first-order valence-electron chi connectivity index (χ1n) is 6.69. The van der Waals surface area contributed by atoms with Gasteiger partial charge in [-0.3, -0.25) is 4.79 Å². The second kappa shape index (κ2) is 7.26. The zero-order valence-electron chi connectivity index (χ0n) is 12.3. The predicted molar refractivity (Wildman–Crippen MR) is 79.0 cm³/mol. The Morgan fingerprint density at radius 1 is 1.21 bits per heavy atom. The molecule has 3 N–H and O–H groups in total. The molecule has 0 spiro atoms. The topological polar surface area (TPSA) is 58.4 Å². The zero-order valence-corrected chi connectivity index (χ0v) is 12.3. The molecule has 1 amide bonds. The van der Waals surface area contributed by atoms with E-state index in [0.717, 1.165) is 18.7 Å². The second-order valence-corrected chi connectivity index (χ2v) is 5.41. The van der Waals surface area contributed by atoms with E-state index < -0.39 is 6.04 Å². The van der Waals surface area contributed by atoms with Crippen molar-refractivity contribution >= 4 is 5.91 Å². The largest absolute Gasteiger partial charge is 0.368 e. The molecule has 19 heavy (non-hydrogen) atoms. The smallest absolute Gasteiger partial charge is 0.239 e. The molecule has 0 radical (unpaired) electrons. The molecule has 0 saturated heterocycles. The molecule has 0 saturated carbocycles. The number of hydrogen-bond acceptors (Lipinski definition) is 3. The third-order valence-corrected chi connectivity index (χ3v) is 3.13. The van der Waals surface area contributed by atoms with E-state index in [9.17, 15) is 4.79 Å². The lowest BCUT2D eigenvalue weighted by Gasteiger charge is -2.18. The van der Waals surface area contributed by atoms with Crippen molar-refractivity contribution in [3.8, 4) is 0 Å². The van der Waals surface area contributed by atoms with Gasteiger partial charge in [-0.1, -0.05) is 38.1 Å². The first kappa shape index (κ1) is 15.7. The van der Waals surface area contributed by atoms with Crippen LogP contribution in [0.2, 0.25) is 0 Å². The Bertz CT molecular complexity index is 398. The lowest BCUT2D eigenvalue weighted by Crippen LogP contribution is -2.37. The second-order valence-electron chi connectivity index (χ2n) is 5.41. The van der Waals surface area contributed by atoms with Crippen LogP contribution >= 0.6 is 0 Å². The fourth-order valence-corrected chi connectivity index (χ4v) is 1.89. The van der Waals surface area contributed by atoms with Gasteiger partial charge in [0.25, 0.3) is 0 Å². The quantitative estimate of drug-likeness (QED) is 0.783. The Hall–Kier alpha value is -1.39. The highest BCUT2D eigenvalue weighted by molar-refractivity contribution is 5.81. The van der Waals surface area contributed by atoms with Gasteiger partial charge in [0.15, 0.2) is 0 Å². The summed E-state index contributed by atoms with van der Waals surface area (Å²) in [6, 6.07) is 7.66. The average Bonchev–Trinajstić information content (AvgIpc) is 2.34. The number of rotatable bonds is 7. The number of benzene rings is 1. The molecule has 4 nitrogen and oxygen atoms in total. The van der Waals surface area contributed by atoms with E-state index in [2.05, 4.69) is 36.2 Å². The van der Waals surface area contributed by atoms with Crippen LogP contribution < -0.4 is 11.1 Å². The van der Waals surface area contributed by atoms with Crippen molar-refractivity contribution in [2.24, 2.45) is 5.73 Å². The number of hydrogen-bond donors (Lipinski definition) is 2. The van der Waals surface area contributed by atoms with E-state index in [-0.39, 0.29) is 5.91 Å². The number of likely N-dealkylation sites (N-methyl/N-ethyl adjacent to an activating group) is 1. The van der Waals surface area contributed by atoms with E-state index in [4.69, 9.17) is 5.73 Å². The maximum absolute atomic E-state index is 11.5. The highest BCUT2D eigenvalue weighted by atomic mass is 16.1. The molecule has 0 aliphatic heterocycles. The molecule has 0 fully saturated rings. The normalized spacial score (nSPS) is 12.9. The molecule has 0 aliphatic carbocycles. The van der Waals surface area contributed by atoms with Crippen molar-refractivity contribution in [2.75, 3.05) is 27.2 Å². The SMILES string of the molecule is CC(C)c1ccc(C(NCCN(C)C)C(N)=O)cc1. The van der Waals surface area contributed by atoms with E-state index in [1.165, 1.54) is 5.56 Å². The molecule has 106 valence electrons. The molecule has 4 heteroatoms. The number of primary amides is 1. The van der Waals surface area contributed by atoms with Gasteiger partial charge >= 0.3 is 0 Å². The van der Waals surface area contributed by atoms with Crippen molar-refractivity contribution in [1.29, 1.82) is 0 Å². The molecule has 0 bridgehead atoms. The average molecular weight is 263 g/mol. The van der Waals surface area contributed by atoms with Gasteiger partial charge in [-0.05, 0) is 31.1 Å². The van der Waals surface area contributed by atoms with Gasteiger partial charge in [-0.2, -0.15) is 0 Å². The fourth-order valence-electron chi connectivity index (χ4n) is 1.89. The van der Waals surface area contributed by atoms with Crippen LogP contribution in [0.5, 0.6) is 0 Å². The third kappa shape index (κ3) is 5.01. The van der Waals surface area contributed by atoms with E-state index in [1.807, 2.05) is 26.2 Å². The van der Waals surface area contributed by atoms with Gasteiger partial charge in [0, 0.05) is 13.1 Å². The zero-order chi connectivity index (χ0) is 14.4. The van der Waals surface area contributed by atoms with Gasteiger partial charge < -0.3 is 16.0 Å². The third-order valence-electron chi connectivity index (χ3n) is 3.13. The van der Waals surface area contributed by atoms with E-state index >= 15 is 0 Å².